The summed E-state index contributed by atoms with van der Waals surface area (Å²) in [6.45, 7) is 1.87. The third kappa shape index (κ3) is 2.01. The summed E-state index contributed by atoms with van der Waals surface area (Å²) in [7, 11) is 0. The van der Waals surface area contributed by atoms with Crippen molar-refractivity contribution in [2.75, 3.05) is 18.0 Å². The van der Waals surface area contributed by atoms with E-state index in [4.69, 9.17) is 11.0 Å². The molecule has 1 aliphatic rings. The second-order valence-corrected chi connectivity index (χ2v) is 4.14. The van der Waals surface area contributed by atoms with Gasteiger partial charge in [-0.05, 0) is 17.9 Å². The molecular formula is C9H12ClN3S. The summed E-state index contributed by atoms with van der Waals surface area (Å²) in [4.78, 5) is 2.20. The van der Waals surface area contributed by atoms with Gasteiger partial charge in [-0.2, -0.15) is 5.26 Å². The van der Waals surface area contributed by atoms with Crippen LogP contribution in [0.3, 0.4) is 0 Å². The van der Waals surface area contributed by atoms with E-state index >= 15 is 0 Å². The molecule has 0 spiro atoms. The molecule has 1 saturated heterocycles. The van der Waals surface area contributed by atoms with Gasteiger partial charge in [-0.3, -0.25) is 0 Å². The average Bonchev–Trinajstić information content (AvgIpc) is 2.71. The molecule has 0 aromatic carbocycles. The molecule has 0 saturated carbocycles. The fraction of sp³-hybridized carbons (Fsp3) is 0.444. The van der Waals surface area contributed by atoms with E-state index in [2.05, 4.69) is 11.0 Å². The van der Waals surface area contributed by atoms with Gasteiger partial charge in [0.2, 0.25) is 0 Å². The lowest BCUT2D eigenvalue weighted by Gasteiger charge is -2.15. The molecule has 2 heterocycles. The second-order valence-electron chi connectivity index (χ2n) is 3.25. The van der Waals surface area contributed by atoms with Gasteiger partial charge in [0.25, 0.3) is 0 Å². The second kappa shape index (κ2) is 4.65. The van der Waals surface area contributed by atoms with Gasteiger partial charge >= 0.3 is 0 Å². The van der Waals surface area contributed by atoms with Crippen LogP contribution in [0.25, 0.3) is 0 Å². The van der Waals surface area contributed by atoms with Crippen LogP contribution in [-0.4, -0.2) is 19.1 Å². The fourth-order valence-corrected chi connectivity index (χ4v) is 2.49. The first kappa shape index (κ1) is 11.3. The summed E-state index contributed by atoms with van der Waals surface area (Å²) >= 11 is 1.62. The highest BCUT2D eigenvalue weighted by atomic mass is 35.5. The molecule has 1 fully saturated rings. The van der Waals surface area contributed by atoms with E-state index in [0.717, 1.165) is 30.1 Å². The van der Waals surface area contributed by atoms with Crippen molar-refractivity contribution in [2.45, 2.75) is 12.5 Å². The van der Waals surface area contributed by atoms with Gasteiger partial charge in [0, 0.05) is 19.1 Å². The highest BCUT2D eigenvalue weighted by Gasteiger charge is 2.21. The maximum absolute atomic E-state index is 8.83. The van der Waals surface area contributed by atoms with Crippen molar-refractivity contribution < 1.29 is 0 Å². The number of hydrogen-bond donors (Lipinski definition) is 1. The van der Waals surface area contributed by atoms with Gasteiger partial charge in [0.05, 0.1) is 5.56 Å². The van der Waals surface area contributed by atoms with E-state index in [-0.39, 0.29) is 18.4 Å². The number of anilines is 1. The standard InChI is InChI=1S/C9H11N3S.ClH/c10-5-7-2-4-13-9(7)12-3-1-8(11)6-12;/h2,4,8H,1,3,6,11H2;1H/t8-;/m0./s1. The first-order valence-electron chi connectivity index (χ1n) is 4.29. The van der Waals surface area contributed by atoms with Crippen LogP contribution in [0.4, 0.5) is 5.00 Å². The number of hydrogen-bond acceptors (Lipinski definition) is 4. The fourth-order valence-electron chi connectivity index (χ4n) is 1.60. The maximum Gasteiger partial charge on any atom is 0.109 e. The van der Waals surface area contributed by atoms with Gasteiger partial charge < -0.3 is 10.6 Å². The normalized spacial score (nSPS) is 20.3. The lowest BCUT2D eigenvalue weighted by Crippen LogP contribution is -2.26. The van der Waals surface area contributed by atoms with Crippen LogP contribution >= 0.6 is 23.7 Å². The van der Waals surface area contributed by atoms with Gasteiger partial charge in [-0.25, -0.2) is 0 Å². The molecule has 0 bridgehead atoms. The molecule has 14 heavy (non-hydrogen) atoms. The van der Waals surface area contributed by atoms with E-state index < -0.39 is 0 Å². The van der Waals surface area contributed by atoms with Crippen molar-refractivity contribution >= 4 is 28.7 Å². The maximum atomic E-state index is 8.83. The SMILES string of the molecule is Cl.N#Cc1ccsc1N1CC[C@H](N)C1. The average molecular weight is 230 g/mol. The van der Waals surface area contributed by atoms with Gasteiger partial charge in [0.1, 0.15) is 11.1 Å². The predicted molar refractivity (Wildman–Crippen MR) is 61.1 cm³/mol. The quantitative estimate of drug-likeness (QED) is 0.796. The van der Waals surface area contributed by atoms with Crippen LogP contribution in [0.5, 0.6) is 0 Å². The topological polar surface area (TPSA) is 53.0 Å². The molecule has 0 unspecified atom stereocenters. The van der Waals surface area contributed by atoms with Crippen LogP contribution in [-0.2, 0) is 0 Å². The Bertz CT molecular complexity index is 344. The summed E-state index contributed by atoms with van der Waals surface area (Å²) in [6.07, 6.45) is 1.03. The molecule has 0 aliphatic carbocycles. The Hall–Kier alpha value is -0.760. The monoisotopic (exact) mass is 229 g/mol. The van der Waals surface area contributed by atoms with Crippen LogP contribution in [0.2, 0.25) is 0 Å². The molecule has 5 heteroatoms. The molecule has 2 N–H and O–H groups in total. The van der Waals surface area contributed by atoms with E-state index in [0.29, 0.717) is 0 Å². The zero-order valence-electron chi connectivity index (χ0n) is 7.64. The first-order valence-corrected chi connectivity index (χ1v) is 5.17. The summed E-state index contributed by atoms with van der Waals surface area (Å²) < 4.78 is 0. The summed E-state index contributed by atoms with van der Waals surface area (Å²) in [6, 6.07) is 4.33. The number of halogens is 1. The molecule has 0 amide bonds. The molecule has 1 aliphatic heterocycles. The molecule has 1 atom stereocenters. The van der Waals surface area contributed by atoms with Crippen LogP contribution < -0.4 is 10.6 Å². The minimum atomic E-state index is 0. The van der Waals surface area contributed by atoms with Crippen molar-refractivity contribution in [2.24, 2.45) is 5.73 Å². The Kier molecular flexibility index (Phi) is 3.76. The van der Waals surface area contributed by atoms with E-state index in [1.165, 1.54) is 0 Å². The molecule has 76 valence electrons. The van der Waals surface area contributed by atoms with E-state index in [1.807, 2.05) is 11.4 Å². The van der Waals surface area contributed by atoms with Crippen molar-refractivity contribution in [1.82, 2.24) is 0 Å². The van der Waals surface area contributed by atoms with Crippen molar-refractivity contribution in [3.05, 3.63) is 17.0 Å². The Labute approximate surface area is 93.5 Å². The van der Waals surface area contributed by atoms with Gasteiger partial charge in [0.15, 0.2) is 0 Å². The summed E-state index contributed by atoms with van der Waals surface area (Å²) in [5.41, 5.74) is 6.58. The number of thiophene rings is 1. The minimum absolute atomic E-state index is 0. The highest BCUT2D eigenvalue weighted by Crippen LogP contribution is 2.29. The van der Waals surface area contributed by atoms with Crippen LogP contribution in [0.15, 0.2) is 11.4 Å². The zero-order chi connectivity index (χ0) is 9.26. The lowest BCUT2D eigenvalue weighted by atomic mass is 10.3. The molecule has 0 radical (unpaired) electrons. The minimum Gasteiger partial charge on any atom is -0.361 e. The third-order valence-corrected chi connectivity index (χ3v) is 3.25. The smallest absolute Gasteiger partial charge is 0.109 e. The summed E-state index contributed by atoms with van der Waals surface area (Å²) in [5.74, 6) is 0. The molecule has 3 nitrogen and oxygen atoms in total. The largest absolute Gasteiger partial charge is 0.361 e. The first-order chi connectivity index (χ1) is 6.31. The highest BCUT2D eigenvalue weighted by molar-refractivity contribution is 7.14. The van der Waals surface area contributed by atoms with Gasteiger partial charge in [-0.15, -0.1) is 23.7 Å². The Balaban J connectivity index is 0.000000980. The van der Waals surface area contributed by atoms with Gasteiger partial charge in [-0.1, -0.05) is 0 Å². The summed E-state index contributed by atoms with van der Waals surface area (Å²) in [5, 5.41) is 11.9. The van der Waals surface area contributed by atoms with Crippen LogP contribution in [0.1, 0.15) is 12.0 Å². The number of nitrogens with two attached hydrogens (primary N) is 1. The zero-order valence-corrected chi connectivity index (χ0v) is 9.27. The molecule has 1 aromatic heterocycles. The predicted octanol–water partition coefficient (Wildman–Crippen LogP) is 1.58. The Morgan fingerprint density at radius 1 is 1.64 bits per heavy atom. The Morgan fingerprint density at radius 3 is 3.00 bits per heavy atom. The molecule has 1 aromatic rings. The number of nitrogens with zero attached hydrogens (tertiary/aromatic N) is 2. The van der Waals surface area contributed by atoms with Crippen molar-refractivity contribution in [1.29, 1.82) is 5.26 Å². The Morgan fingerprint density at radius 2 is 2.43 bits per heavy atom. The molecular weight excluding hydrogens is 218 g/mol. The number of nitriles is 1. The van der Waals surface area contributed by atoms with Crippen LogP contribution in [0, 0.1) is 11.3 Å². The van der Waals surface area contributed by atoms with Crippen molar-refractivity contribution in [3.63, 3.8) is 0 Å². The lowest BCUT2D eigenvalue weighted by molar-refractivity contribution is 0.752. The third-order valence-electron chi connectivity index (χ3n) is 2.28. The van der Waals surface area contributed by atoms with E-state index in [9.17, 15) is 0 Å². The van der Waals surface area contributed by atoms with E-state index in [1.54, 1.807) is 11.3 Å². The number of rotatable bonds is 1. The van der Waals surface area contributed by atoms with Crippen molar-refractivity contribution in [3.8, 4) is 6.07 Å². The molecule has 2 rings (SSSR count).